The average Bonchev–Trinajstić information content (AvgIpc) is 2.90. The number of thioether (sulfide) groups is 1. The lowest BCUT2D eigenvalue weighted by molar-refractivity contribution is -0.123. The Hall–Kier alpha value is -2.20. The number of nitrogens with one attached hydrogen (secondary N) is 1. The second-order valence-electron chi connectivity index (χ2n) is 5.20. The van der Waals surface area contributed by atoms with Gasteiger partial charge in [0.15, 0.2) is 4.32 Å². The zero-order chi connectivity index (χ0) is 18.7. The molecule has 1 heterocycles. The Bertz CT molecular complexity index is 988. The summed E-state index contributed by atoms with van der Waals surface area (Å²) >= 11 is 6.18. The van der Waals surface area contributed by atoms with Gasteiger partial charge in [-0.3, -0.25) is 4.79 Å². The lowest BCUT2D eigenvalue weighted by Gasteiger charge is -2.15. The van der Waals surface area contributed by atoms with Crippen molar-refractivity contribution in [2.45, 2.75) is 4.90 Å². The van der Waals surface area contributed by atoms with E-state index in [0.29, 0.717) is 10.7 Å². The van der Waals surface area contributed by atoms with Gasteiger partial charge in [-0.15, -0.1) is 4.83 Å². The number of nitrogens with zero attached hydrogens (tertiary/aromatic N) is 1. The number of hydrazine groups is 1. The SMILES string of the molecule is COc1cccc(/C=C2/SC(=S)N(NS(=O)(=O)c3ccccc3)C2=O)c1. The van der Waals surface area contributed by atoms with Gasteiger partial charge in [-0.2, -0.15) is 0 Å². The second-order valence-corrected chi connectivity index (χ2v) is 8.54. The van der Waals surface area contributed by atoms with Crippen LogP contribution in [0.3, 0.4) is 0 Å². The Morgan fingerprint density at radius 2 is 1.88 bits per heavy atom. The van der Waals surface area contributed by atoms with E-state index in [9.17, 15) is 13.2 Å². The highest BCUT2D eigenvalue weighted by Gasteiger charge is 2.35. The Morgan fingerprint density at radius 1 is 1.15 bits per heavy atom. The summed E-state index contributed by atoms with van der Waals surface area (Å²) in [5.74, 6) is 0.126. The molecule has 0 bridgehead atoms. The summed E-state index contributed by atoms with van der Waals surface area (Å²) < 4.78 is 30.1. The number of rotatable bonds is 5. The van der Waals surface area contributed by atoms with Crippen LogP contribution in [0, 0.1) is 0 Å². The number of carbonyl (C=O) groups is 1. The van der Waals surface area contributed by atoms with Crippen molar-refractivity contribution < 1.29 is 17.9 Å². The molecule has 1 saturated heterocycles. The van der Waals surface area contributed by atoms with Crippen molar-refractivity contribution >= 4 is 50.3 Å². The van der Waals surface area contributed by atoms with Crippen molar-refractivity contribution in [2.75, 3.05) is 7.11 Å². The van der Waals surface area contributed by atoms with E-state index in [1.165, 1.54) is 12.1 Å². The van der Waals surface area contributed by atoms with E-state index < -0.39 is 15.9 Å². The van der Waals surface area contributed by atoms with Crippen molar-refractivity contribution in [3.8, 4) is 5.75 Å². The van der Waals surface area contributed by atoms with Crippen LogP contribution < -0.4 is 9.57 Å². The number of ether oxygens (including phenoxy) is 1. The van der Waals surface area contributed by atoms with Crippen molar-refractivity contribution in [1.29, 1.82) is 0 Å². The molecule has 1 amide bonds. The van der Waals surface area contributed by atoms with Gasteiger partial charge < -0.3 is 4.74 Å². The summed E-state index contributed by atoms with van der Waals surface area (Å²) in [4.78, 5) is 15.2. The molecule has 0 unspecified atom stereocenters. The highest BCUT2D eigenvalue weighted by atomic mass is 32.2. The fraction of sp³-hybridized carbons (Fsp3) is 0.0588. The van der Waals surface area contributed by atoms with Crippen LogP contribution in [0.2, 0.25) is 0 Å². The molecule has 26 heavy (non-hydrogen) atoms. The van der Waals surface area contributed by atoms with Gasteiger partial charge in [-0.25, -0.2) is 13.4 Å². The maximum absolute atomic E-state index is 12.6. The molecular weight excluding hydrogens is 392 g/mol. The molecule has 3 rings (SSSR count). The van der Waals surface area contributed by atoms with E-state index in [2.05, 4.69) is 4.83 Å². The number of thiocarbonyl (C=S) groups is 1. The van der Waals surface area contributed by atoms with E-state index >= 15 is 0 Å². The third-order valence-electron chi connectivity index (χ3n) is 3.45. The third-order valence-corrected chi connectivity index (χ3v) is 6.07. The normalized spacial score (nSPS) is 16.3. The predicted molar refractivity (Wildman–Crippen MR) is 105 cm³/mol. The molecular formula is C17H14N2O4S3. The quantitative estimate of drug-likeness (QED) is 0.608. The van der Waals surface area contributed by atoms with Gasteiger partial charge in [-0.05, 0) is 35.9 Å². The molecule has 0 saturated carbocycles. The fourth-order valence-corrected chi connectivity index (χ4v) is 4.53. The molecule has 1 aliphatic rings. The van der Waals surface area contributed by atoms with Gasteiger partial charge in [0.25, 0.3) is 15.9 Å². The summed E-state index contributed by atoms with van der Waals surface area (Å²) in [6.45, 7) is 0. The van der Waals surface area contributed by atoms with E-state index in [1.807, 2.05) is 6.07 Å². The minimum atomic E-state index is -3.91. The lowest BCUT2D eigenvalue weighted by Crippen LogP contribution is -2.44. The molecule has 134 valence electrons. The highest BCUT2D eigenvalue weighted by Crippen LogP contribution is 2.32. The van der Waals surface area contributed by atoms with E-state index in [0.717, 1.165) is 22.3 Å². The van der Waals surface area contributed by atoms with Crippen LogP contribution in [0.5, 0.6) is 5.75 Å². The number of hydrogen-bond donors (Lipinski definition) is 1. The molecule has 9 heteroatoms. The second kappa shape index (κ2) is 7.58. The summed E-state index contributed by atoms with van der Waals surface area (Å²) in [6.07, 6.45) is 1.64. The average molecular weight is 407 g/mol. The first kappa shape index (κ1) is 18.6. The van der Waals surface area contributed by atoms with E-state index in [4.69, 9.17) is 17.0 Å². The molecule has 0 aromatic heterocycles. The van der Waals surface area contributed by atoms with Crippen molar-refractivity contribution in [1.82, 2.24) is 9.84 Å². The van der Waals surface area contributed by atoms with Crippen LogP contribution in [0.25, 0.3) is 6.08 Å². The largest absolute Gasteiger partial charge is 0.497 e. The summed E-state index contributed by atoms with van der Waals surface area (Å²) in [5, 5.41) is 0.869. The number of hydrogen-bond acceptors (Lipinski definition) is 6. The summed E-state index contributed by atoms with van der Waals surface area (Å²) in [5.41, 5.74) is 0.746. The number of sulfonamides is 1. The summed E-state index contributed by atoms with van der Waals surface area (Å²) in [7, 11) is -2.36. The number of amides is 1. The topological polar surface area (TPSA) is 75.7 Å². The molecule has 2 aromatic rings. The summed E-state index contributed by atoms with van der Waals surface area (Å²) in [6, 6.07) is 14.9. The fourth-order valence-electron chi connectivity index (χ4n) is 2.20. The van der Waals surface area contributed by atoms with Crippen LogP contribution >= 0.6 is 24.0 Å². The Morgan fingerprint density at radius 3 is 2.58 bits per heavy atom. The molecule has 0 spiro atoms. The maximum atomic E-state index is 12.6. The number of methoxy groups -OCH3 is 1. The van der Waals surface area contributed by atoms with Gasteiger partial charge in [0.05, 0.1) is 16.9 Å². The van der Waals surface area contributed by atoms with Crippen molar-refractivity contribution in [2.24, 2.45) is 0 Å². The zero-order valence-electron chi connectivity index (χ0n) is 13.6. The van der Waals surface area contributed by atoms with Crippen LogP contribution in [-0.4, -0.2) is 30.8 Å². The first-order valence-electron chi connectivity index (χ1n) is 7.40. The van der Waals surface area contributed by atoms with Gasteiger partial charge in [0, 0.05) is 0 Å². The third kappa shape index (κ3) is 3.96. The smallest absolute Gasteiger partial charge is 0.281 e. The van der Waals surface area contributed by atoms with Crippen LogP contribution in [0.4, 0.5) is 0 Å². The van der Waals surface area contributed by atoms with Crippen LogP contribution in [-0.2, 0) is 14.8 Å². The minimum absolute atomic E-state index is 0.0471. The van der Waals surface area contributed by atoms with Crippen molar-refractivity contribution in [3.63, 3.8) is 0 Å². The van der Waals surface area contributed by atoms with Gasteiger partial charge in [0.1, 0.15) is 5.75 Å². The molecule has 2 aromatic carbocycles. The van der Waals surface area contributed by atoms with Gasteiger partial charge in [0.2, 0.25) is 0 Å². The molecule has 0 atom stereocenters. The van der Waals surface area contributed by atoms with Crippen molar-refractivity contribution in [3.05, 3.63) is 65.1 Å². The first-order chi connectivity index (χ1) is 12.4. The number of carbonyl (C=O) groups excluding carboxylic acids is 1. The Balaban J connectivity index is 1.84. The van der Waals surface area contributed by atoms with E-state index in [-0.39, 0.29) is 9.22 Å². The minimum Gasteiger partial charge on any atom is -0.497 e. The first-order valence-corrected chi connectivity index (χ1v) is 10.1. The monoisotopic (exact) mass is 406 g/mol. The van der Waals surface area contributed by atoms with E-state index in [1.54, 1.807) is 49.6 Å². The van der Waals surface area contributed by atoms with Gasteiger partial charge in [-0.1, -0.05) is 54.3 Å². The molecule has 6 nitrogen and oxygen atoms in total. The highest BCUT2D eigenvalue weighted by molar-refractivity contribution is 8.26. The standard InChI is InChI=1S/C17H14N2O4S3/c1-23-13-7-5-6-12(10-13)11-15-16(20)19(17(24)25-15)18-26(21,22)14-8-3-2-4-9-14/h2-11,18H,1H3/b15-11+. The van der Waals surface area contributed by atoms with Crippen LogP contribution in [0.1, 0.15) is 5.56 Å². The molecule has 0 aliphatic carbocycles. The molecule has 0 radical (unpaired) electrons. The van der Waals surface area contributed by atoms with Crippen LogP contribution in [0.15, 0.2) is 64.4 Å². The Kier molecular flexibility index (Phi) is 5.42. The molecule has 1 N–H and O–H groups in total. The molecule has 1 aliphatic heterocycles. The Labute approximate surface area is 160 Å². The predicted octanol–water partition coefficient (Wildman–Crippen LogP) is 2.79. The maximum Gasteiger partial charge on any atom is 0.281 e. The zero-order valence-corrected chi connectivity index (χ0v) is 16.0. The number of benzene rings is 2. The van der Waals surface area contributed by atoms with Gasteiger partial charge >= 0.3 is 0 Å². The lowest BCUT2D eigenvalue weighted by atomic mass is 10.2. The molecule has 1 fully saturated rings.